The molecule has 0 atom stereocenters. The average molecular weight is 411 g/mol. The minimum atomic E-state index is -0.389. The van der Waals surface area contributed by atoms with Crippen LogP contribution in [0.2, 0.25) is 0 Å². The van der Waals surface area contributed by atoms with Gasteiger partial charge in [-0.2, -0.15) is 0 Å². The maximum atomic E-state index is 12.5. The summed E-state index contributed by atoms with van der Waals surface area (Å²) in [6, 6.07) is 15.9. The van der Waals surface area contributed by atoms with Gasteiger partial charge in [0.2, 0.25) is 0 Å². The number of hydrogen-bond donors (Lipinski definition) is 2. The molecule has 0 aliphatic carbocycles. The summed E-state index contributed by atoms with van der Waals surface area (Å²) in [6.45, 7) is 6.11. The largest absolute Gasteiger partial charge is 0.465 e. The second kappa shape index (κ2) is 8.54. The highest BCUT2D eigenvalue weighted by Crippen LogP contribution is 2.40. The number of carbonyl (C=O) groups is 1. The van der Waals surface area contributed by atoms with Gasteiger partial charge in [-0.1, -0.05) is 36.4 Å². The molecule has 144 valence electrons. The number of thiophene rings is 1. The van der Waals surface area contributed by atoms with Gasteiger partial charge in [-0.15, -0.1) is 11.3 Å². The van der Waals surface area contributed by atoms with E-state index in [0.717, 1.165) is 21.7 Å². The van der Waals surface area contributed by atoms with E-state index in [2.05, 4.69) is 24.5 Å². The minimum Gasteiger partial charge on any atom is -0.465 e. The van der Waals surface area contributed by atoms with Crippen molar-refractivity contribution in [2.75, 3.05) is 17.7 Å². The van der Waals surface area contributed by atoms with Crippen LogP contribution in [0.25, 0.3) is 11.1 Å². The first-order chi connectivity index (χ1) is 13.4. The second-order valence-electron chi connectivity index (χ2n) is 6.47. The van der Waals surface area contributed by atoms with Crippen LogP contribution in [0.1, 0.15) is 26.4 Å². The summed E-state index contributed by atoms with van der Waals surface area (Å²) in [5, 5.41) is 7.46. The lowest BCUT2D eigenvalue weighted by molar-refractivity contribution is 0.0603. The first-order valence-electron chi connectivity index (χ1n) is 8.83. The van der Waals surface area contributed by atoms with E-state index >= 15 is 0 Å². The Labute approximate surface area is 174 Å². The predicted octanol–water partition coefficient (Wildman–Crippen LogP) is 5.94. The number of rotatable bonds is 4. The van der Waals surface area contributed by atoms with Crippen LogP contribution >= 0.6 is 23.6 Å². The molecule has 3 aromatic rings. The zero-order valence-electron chi connectivity index (χ0n) is 16.3. The highest BCUT2D eigenvalue weighted by Gasteiger charge is 2.24. The van der Waals surface area contributed by atoms with Crippen molar-refractivity contribution in [2.45, 2.75) is 20.8 Å². The smallest absolute Gasteiger partial charge is 0.341 e. The van der Waals surface area contributed by atoms with Crippen molar-refractivity contribution in [2.24, 2.45) is 0 Å². The standard InChI is InChI=1S/C22H22N2O2S2/c1-13-10-11-17(12-14(13)2)23-22(27)24-20-19(21(25)26-4)18(15(3)28-20)16-8-6-5-7-9-16/h5-12H,1-4H3,(H2,23,24,27). The van der Waals surface area contributed by atoms with E-state index in [0.29, 0.717) is 15.7 Å². The SMILES string of the molecule is COC(=O)c1c(NC(=S)Nc2ccc(C)c(C)c2)sc(C)c1-c1ccccc1. The van der Waals surface area contributed by atoms with E-state index in [9.17, 15) is 4.79 Å². The summed E-state index contributed by atoms with van der Waals surface area (Å²) in [5.41, 5.74) is 5.64. The third-order valence-electron chi connectivity index (χ3n) is 4.53. The number of nitrogens with one attached hydrogen (secondary N) is 2. The Balaban J connectivity index is 1.92. The van der Waals surface area contributed by atoms with Gasteiger partial charge in [0, 0.05) is 16.1 Å². The fourth-order valence-electron chi connectivity index (χ4n) is 2.97. The molecule has 0 spiro atoms. The van der Waals surface area contributed by atoms with Gasteiger partial charge in [0.1, 0.15) is 10.6 Å². The molecule has 0 bridgehead atoms. The third-order valence-corrected chi connectivity index (χ3v) is 5.75. The zero-order valence-corrected chi connectivity index (χ0v) is 17.9. The molecule has 1 heterocycles. The Morgan fingerprint density at radius 3 is 2.36 bits per heavy atom. The maximum absolute atomic E-state index is 12.5. The van der Waals surface area contributed by atoms with Gasteiger partial charge in [0.05, 0.1) is 7.11 Å². The Hall–Kier alpha value is -2.70. The van der Waals surface area contributed by atoms with Crippen molar-refractivity contribution in [3.63, 3.8) is 0 Å². The number of ether oxygens (including phenoxy) is 1. The molecule has 0 aliphatic rings. The van der Waals surface area contributed by atoms with Crippen LogP contribution in [0, 0.1) is 20.8 Å². The highest BCUT2D eigenvalue weighted by atomic mass is 32.1. The van der Waals surface area contributed by atoms with Crippen LogP contribution < -0.4 is 10.6 Å². The molecule has 3 rings (SSSR count). The van der Waals surface area contributed by atoms with Crippen molar-refractivity contribution in [3.05, 3.63) is 70.1 Å². The Morgan fingerprint density at radius 1 is 1.00 bits per heavy atom. The number of thiocarbonyl (C=S) groups is 1. The average Bonchev–Trinajstić information content (AvgIpc) is 3.00. The van der Waals surface area contributed by atoms with Crippen molar-refractivity contribution < 1.29 is 9.53 Å². The number of methoxy groups -OCH3 is 1. The summed E-state index contributed by atoms with van der Waals surface area (Å²) < 4.78 is 5.05. The lowest BCUT2D eigenvalue weighted by Crippen LogP contribution is -2.20. The molecule has 1 aromatic heterocycles. The summed E-state index contributed by atoms with van der Waals surface area (Å²) in [6.07, 6.45) is 0. The third kappa shape index (κ3) is 4.24. The molecular formula is C22H22N2O2S2. The molecular weight excluding hydrogens is 388 g/mol. The number of carbonyl (C=O) groups excluding carboxylic acids is 1. The molecule has 4 nitrogen and oxygen atoms in total. The first kappa shape index (κ1) is 20.0. The number of anilines is 2. The molecule has 0 unspecified atom stereocenters. The van der Waals surface area contributed by atoms with E-state index < -0.39 is 0 Å². The van der Waals surface area contributed by atoms with Crippen LogP contribution in [0.15, 0.2) is 48.5 Å². The summed E-state index contributed by atoms with van der Waals surface area (Å²) in [7, 11) is 1.39. The molecule has 0 amide bonds. The Kier molecular flexibility index (Phi) is 6.11. The number of benzene rings is 2. The molecule has 2 aromatic carbocycles. The zero-order chi connectivity index (χ0) is 20.3. The summed E-state index contributed by atoms with van der Waals surface area (Å²) in [5.74, 6) is -0.389. The fraction of sp³-hybridized carbons (Fsp3) is 0.182. The molecule has 0 radical (unpaired) electrons. The highest BCUT2D eigenvalue weighted by molar-refractivity contribution is 7.80. The maximum Gasteiger partial charge on any atom is 0.341 e. The van der Waals surface area contributed by atoms with Crippen LogP contribution in [-0.2, 0) is 4.74 Å². The monoisotopic (exact) mass is 410 g/mol. The van der Waals surface area contributed by atoms with Crippen LogP contribution in [-0.4, -0.2) is 18.2 Å². The summed E-state index contributed by atoms with van der Waals surface area (Å²) >= 11 is 6.96. The lowest BCUT2D eigenvalue weighted by Gasteiger charge is -2.12. The molecule has 0 aliphatic heterocycles. The van der Waals surface area contributed by atoms with Gasteiger partial charge < -0.3 is 15.4 Å². The van der Waals surface area contributed by atoms with E-state index in [-0.39, 0.29) is 5.97 Å². The van der Waals surface area contributed by atoms with E-state index in [1.165, 1.54) is 29.6 Å². The second-order valence-corrected chi connectivity index (χ2v) is 8.11. The van der Waals surface area contributed by atoms with Gasteiger partial charge in [0.15, 0.2) is 5.11 Å². The Bertz CT molecular complexity index is 1030. The van der Waals surface area contributed by atoms with Crippen LogP contribution in [0.5, 0.6) is 0 Å². The van der Waals surface area contributed by atoms with Gasteiger partial charge in [-0.05, 0) is 61.8 Å². The predicted molar refractivity (Wildman–Crippen MR) is 122 cm³/mol. The van der Waals surface area contributed by atoms with E-state index in [1.807, 2.05) is 55.5 Å². The van der Waals surface area contributed by atoms with Gasteiger partial charge in [-0.3, -0.25) is 0 Å². The first-order valence-corrected chi connectivity index (χ1v) is 10.1. The molecule has 0 saturated heterocycles. The normalized spacial score (nSPS) is 10.4. The number of hydrogen-bond acceptors (Lipinski definition) is 4. The summed E-state index contributed by atoms with van der Waals surface area (Å²) in [4.78, 5) is 13.6. The van der Waals surface area contributed by atoms with Crippen molar-refractivity contribution in [1.29, 1.82) is 0 Å². The number of aryl methyl sites for hydroxylation is 3. The van der Waals surface area contributed by atoms with Crippen molar-refractivity contribution in [3.8, 4) is 11.1 Å². The van der Waals surface area contributed by atoms with Gasteiger partial charge >= 0.3 is 5.97 Å². The van der Waals surface area contributed by atoms with Crippen LogP contribution in [0.3, 0.4) is 0 Å². The fourth-order valence-corrected chi connectivity index (χ4v) is 4.32. The number of esters is 1. The minimum absolute atomic E-state index is 0.389. The van der Waals surface area contributed by atoms with Crippen molar-refractivity contribution in [1.82, 2.24) is 0 Å². The molecule has 2 N–H and O–H groups in total. The lowest BCUT2D eigenvalue weighted by atomic mass is 10.0. The van der Waals surface area contributed by atoms with Crippen LogP contribution in [0.4, 0.5) is 10.7 Å². The topological polar surface area (TPSA) is 50.4 Å². The van der Waals surface area contributed by atoms with Gasteiger partial charge in [-0.25, -0.2) is 4.79 Å². The quantitative estimate of drug-likeness (QED) is 0.412. The van der Waals surface area contributed by atoms with Gasteiger partial charge in [0.25, 0.3) is 0 Å². The molecule has 6 heteroatoms. The molecule has 0 fully saturated rings. The molecule has 0 saturated carbocycles. The van der Waals surface area contributed by atoms with Crippen molar-refractivity contribution >= 4 is 45.3 Å². The van der Waals surface area contributed by atoms with E-state index in [4.69, 9.17) is 17.0 Å². The van der Waals surface area contributed by atoms with E-state index in [1.54, 1.807) is 0 Å². The Morgan fingerprint density at radius 2 is 1.71 bits per heavy atom. The molecule has 28 heavy (non-hydrogen) atoms.